The molecule has 1 aliphatic rings. The van der Waals surface area contributed by atoms with E-state index in [0.29, 0.717) is 6.04 Å². The van der Waals surface area contributed by atoms with Crippen molar-refractivity contribution in [3.8, 4) is 5.75 Å². The fourth-order valence-corrected chi connectivity index (χ4v) is 2.96. The van der Waals surface area contributed by atoms with Gasteiger partial charge in [-0.3, -0.25) is 4.90 Å². The number of hydrogen-bond acceptors (Lipinski definition) is 5. The highest BCUT2D eigenvalue weighted by atomic mass is 16.5. The summed E-state index contributed by atoms with van der Waals surface area (Å²) >= 11 is 0. The minimum atomic E-state index is 0.470. The van der Waals surface area contributed by atoms with Crippen LogP contribution >= 0.6 is 0 Å². The van der Waals surface area contributed by atoms with Crippen molar-refractivity contribution in [1.82, 2.24) is 20.2 Å². The Bertz CT molecular complexity index is 622. The summed E-state index contributed by atoms with van der Waals surface area (Å²) in [4.78, 5) is 10.4. The van der Waals surface area contributed by atoms with Crippen LogP contribution in [0.3, 0.4) is 0 Å². The maximum absolute atomic E-state index is 5.38. The number of morpholine rings is 1. The predicted octanol–water partition coefficient (Wildman–Crippen LogP) is 1.42. The number of benzene rings is 1. The van der Waals surface area contributed by atoms with Crippen LogP contribution in [0.1, 0.15) is 12.7 Å². The third-order valence-corrected chi connectivity index (χ3v) is 4.23. The van der Waals surface area contributed by atoms with Crippen LogP contribution in [0.2, 0.25) is 0 Å². The fraction of sp³-hybridized carbons (Fsp3) is 0.588. The van der Waals surface area contributed by atoms with E-state index >= 15 is 0 Å². The van der Waals surface area contributed by atoms with Crippen LogP contribution < -0.4 is 10.1 Å². The van der Waals surface area contributed by atoms with Crippen LogP contribution in [0.15, 0.2) is 18.2 Å². The van der Waals surface area contributed by atoms with Crippen molar-refractivity contribution in [3.63, 3.8) is 0 Å². The molecule has 1 saturated heterocycles. The van der Waals surface area contributed by atoms with Crippen LogP contribution in [0.5, 0.6) is 5.75 Å². The van der Waals surface area contributed by atoms with E-state index in [0.717, 1.165) is 68.4 Å². The Morgan fingerprint density at radius 3 is 3.00 bits per heavy atom. The maximum atomic E-state index is 5.38. The number of hydrogen-bond donors (Lipinski definition) is 2. The highest BCUT2D eigenvalue weighted by Crippen LogP contribution is 2.18. The first-order valence-corrected chi connectivity index (χ1v) is 8.31. The zero-order chi connectivity index (χ0) is 16.1. The lowest BCUT2D eigenvalue weighted by molar-refractivity contribution is 0.0344. The molecule has 1 atom stereocenters. The standard InChI is InChI=1S/C17H26N4O2/c1-13(12-21-7-9-23-10-8-21)18-6-5-17-19-15-4-3-14(22-2)11-16(15)20-17/h3-4,11,13,18H,5-10,12H2,1-2H3,(H,19,20). The summed E-state index contributed by atoms with van der Waals surface area (Å²) in [5.41, 5.74) is 2.02. The molecular formula is C17H26N4O2. The Balaban J connectivity index is 1.46. The predicted molar refractivity (Wildman–Crippen MR) is 91.1 cm³/mol. The minimum Gasteiger partial charge on any atom is -0.497 e. The lowest BCUT2D eigenvalue weighted by Crippen LogP contribution is -2.44. The molecule has 1 aliphatic heterocycles. The van der Waals surface area contributed by atoms with Gasteiger partial charge in [0.25, 0.3) is 0 Å². The number of aromatic amines is 1. The van der Waals surface area contributed by atoms with Gasteiger partial charge in [-0.15, -0.1) is 0 Å². The Morgan fingerprint density at radius 1 is 1.39 bits per heavy atom. The molecule has 2 heterocycles. The van der Waals surface area contributed by atoms with Gasteiger partial charge in [-0.25, -0.2) is 4.98 Å². The zero-order valence-electron chi connectivity index (χ0n) is 14.0. The minimum absolute atomic E-state index is 0.470. The number of rotatable bonds is 7. The molecule has 23 heavy (non-hydrogen) atoms. The molecule has 2 N–H and O–H groups in total. The van der Waals surface area contributed by atoms with Gasteiger partial charge in [-0.05, 0) is 19.1 Å². The summed E-state index contributed by atoms with van der Waals surface area (Å²) in [5.74, 6) is 1.87. The first kappa shape index (κ1) is 16.2. The van der Waals surface area contributed by atoms with Crippen molar-refractivity contribution in [3.05, 3.63) is 24.0 Å². The van der Waals surface area contributed by atoms with Gasteiger partial charge in [-0.1, -0.05) is 0 Å². The van der Waals surface area contributed by atoms with Crippen molar-refractivity contribution in [2.75, 3.05) is 46.5 Å². The third kappa shape index (κ3) is 4.43. The van der Waals surface area contributed by atoms with Crippen LogP contribution in [-0.4, -0.2) is 67.4 Å². The quantitative estimate of drug-likeness (QED) is 0.808. The topological polar surface area (TPSA) is 62.4 Å². The van der Waals surface area contributed by atoms with E-state index in [1.165, 1.54) is 0 Å². The molecule has 0 radical (unpaired) electrons. The summed E-state index contributed by atoms with van der Waals surface area (Å²) in [6.07, 6.45) is 0.893. The molecule has 3 rings (SSSR count). The van der Waals surface area contributed by atoms with Gasteiger partial charge < -0.3 is 19.8 Å². The number of ether oxygens (including phenoxy) is 2. The number of methoxy groups -OCH3 is 1. The molecule has 2 aromatic rings. The molecule has 6 heteroatoms. The Hall–Kier alpha value is -1.63. The number of nitrogens with one attached hydrogen (secondary N) is 2. The maximum Gasteiger partial charge on any atom is 0.121 e. The first-order valence-electron chi connectivity index (χ1n) is 8.31. The van der Waals surface area contributed by atoms with E-state index in [1.807, 2.05) is 18.2 Å². The number of nitrogens with zero attached hydrogens (tertiary/aromatic N) is 2. The second-order valence-corrected chi connectivity index (χ2v) is 6.08. The van der Waals surface area contributed by atoms with Gasteiger partial charge in [0.1, 0.15) is 11.6 Å². The molecule has 0 saturated carbocycles. The van der Waals surface area contributed by atoms with Crippen LogP contribution in [0, 0.1) is 0 Å². The molecular weight excluding hydrogens is 292 g/mol. The van der Waals surface area contributed by atoms with Gasteiger partial charge in [-0.2, -0.15) is 0 Å². The van der Waals surface area contributed by atoms with E-state index in [2.05, 4.69) is 27.1 Å². The lowest BCUT2D eigenvalue weighted by atomic mass is 10.2. The van der Waals surface area contributed by atoms with Crippen molar-refractivity contribution in [1.29, 1.82) is 0 Å². The summed E-state index contributed by atoms with van der Waals surface area (Å²) < 4.78 is 10.6. The average molecular weight is 318 g/mol. The number of imidazole rings is 1. The fourth-order valence-electron chi connectivity index (χ4n) is 2.96. The zero-order valence-corrected chi connectivity index (χ0v) is 14.0. The molecule has 0 aliphatic carbocycles. The highest BCUT2D eigenvalue weighted by Gasteiger charge is 2.13. The molecule has 0 amide bonds. The van der Waals surface area contributed by atoms with Crippen molar-refractivity contribution in [2.24, 2.45) is 0 Å². The summed E-state index contributed by atoms with van der Waals surface area (Å²) in [5, 5.41) is 3.58. The molecule has 126 valence electrons. The third-order valence-electron chi connectivity index (χ3n) is 4.23. The Morgan fingerprint density at radius 2 is 2.22 bits per heavy atom. The molecule has 1 unspecified atom stereocenters. The summed E-state index contributed by atoms with van der Waals surface area (Å²) in [7, 11) is 1.68. The molecule has 1 aromatic carbocycles. The molecule has 0 spiro atoms. The lowest BCUT2D eigenvalue weighted by Gasteiger charge is -2.29. The number of H-pyrrole nitrogens is 1. The van der Waals surface area contributed by atoms with Gasteiger partial charge in [0.15, 0.2) is 0 Å². The monoisotopic (exact) mass is 318 g/mol. The Labute approximate surface area is 137 Å². The number of fused-ring (bicyclic) bond motifs is 1. The van der Waals surface area contributed by atoms with Gasteiger partial charge in [0, 0.05) is 44.7 Å². The van der Waals surface area contributed by atoms with Crippen LogP contribution in [0.25, 0.3) is 11.0 Å². The second-order valence-electron chi connectivity index (χ2n) is 6.08. The van der Waals surface area contributed by atoms with Crippen molar-refractivity contribution in [2.45, 2.75) is 19.4 Å². The molecule has 0 bridgehead atoms. The van der Waals surface area contributed by atoms with E-state index in [-0.39, 0.29) is 0 Å². The van der Waals surface area contributed by atoms with Crippen molar-refractivity contribution < 1.29 is 9.47 Å². The Kier molecular flexibility index (Phi) is 5.48. The molecule has 6 nitrogen and oxygen atoms in total. The van der Waals surface area contributed by atoms with Gasteiger partial charge in [0.05, 0.1) is 31.4 Å². The van der Waals surface area contributed by atoms with E-state index in [1.54, 1.807) is 7.11 Å². The normalized spacial score (nSPS) is 17.5. The van der Waals surface area contributed by atoms with Crippen molar-refractivity contribution >= 4 is 11.0 Å². The van der Waals surface area contributed by atoms with Gasteiger partial charge in [0.2, 0.25) is 0 Å². The van der Waals surface area contributed by atoms with E-state index in [4.69, 9.17) is 9.47 Å². The van der Waals surface area contributed by atoms with E-state index in [9.17, 15) is 0 Å². The first-order chi connectivity index (χ1) is 11.2. The van der Waals surface area contributed by atoms with Crippen LogP contribution in [0.4, 0.5) is 0 Å². The smallest absolute Gasteiger partial charge is 0.121 e. The highest BCUT2D eigenvalue weighted by molar-refractivity contribution is 5.76. The average Bonchev–Trinajstić information content (AvgIpc) is 2.97. The second kappa shape index (κ2) is 7.77. The summed E-state index contributed by atoms with van der Waals surface area (Å²) in [6.45, 7) is 8.02. The SMILES string of the molecule is COc1ccc2nc(CCNC(C)CN3CCOCC3)[nH]c2c1. The number of aromatic nitrogens is 2. The van der Waals surface area contributed by atoms with Crippen LogP contribution in [-0.2, 0) is 11.2 Å². The largest absolute Gasteiger partial charge is 0.497 e. The van der Waals surface area contributed by atoms with E-state index < -0.39 is 0 Å². The molecule has 1 aromatic heterocycles. The van der Waals surface area contributed by atoms with Gasteiger partial charge >= 0.3 is 0 Å². The molecule has 1 fully saturated rings. The summed E-state index contributed by atoms with van der Waals surface area (Å²) in [6, 6.07) is 6.39.